The highest BCUT2D eigenvalue weighted by Crippen LogP contribution is 2.16. The third-order valence-electron chi connectivity index (χ3n) is 3.18. The van der Waals surface area contributed by atoms with E-state index in [0.29, 0.717) is 13.1 Å². The lowest BCUT2D eigenvalue weighted by Gasteiger charge is -2.28. The Kier molecular flexibility index (Phi) is 6.20. The highest BCUT2D eigenvalue weighted by atomic mass is 19.4. The van der Waals surface area contributed by atoms with Gasteiger partial charge in [0.1, 0.15) is 0 Å². The summed E-state index contributed by atoms with van der Waals surface area (Å²) in [6.07, 6.45) is -4.84. The van der Waals surface area contributed by atoms with Crippen molar-refractivity contribution in [1.29, 1.82) is 0 Å². The van der Waals surface area contributed by atoms with Crippen molar-refractivity contribution in [3.05, 3.63) is 35.9 Å². The number of rotatable bonds is 6. The van der Waals surface area contributed by atoms with E-state index < -0.39 is 18.1 Å². The molecule has 1 rings (SSSR count). The van der Waals surface area contributed by atoms with Crippen molar-refractivity contribution < 1.29 is 18.0 Å². The number of halogens is 3. The number of carbonyl (C=O) groups excluding carboxylic acids is 1. The predicted octanol–water partition coefficient (Wildman–Crippen LogP) is 2.82. The summed E-state index contributed by atoms with van der Waals surface area (Å²) in [6, 6.07) is 9.09. The second-order valence-electron chi connectivity index (χ2n) is 5.50. The maximum absolute atomic E-state index is 12.3. The fourth-order valence-corrected chi connectivity index (χ4v) is 1.97. The Morgan fingerprint density at radius 2 is 1.81 bits per heavy atom. The molecule has 1 unspecified atom stereocenters. The van der Waals surface area contributed by atoms with Gasteiger partial charge in [-0.3, -0.25) is 4.79 Å². The van der Waals surface area contributed by atoms with Gasteiger partial charge in [0.25, 0.3) is 0 Å². The highest BCUT2D eigenvalue weighted by molar-refractivity contribution is 5.81. The Morgan fingerprint density at radius 1 is 1.24 bits per heavy atom. The Morgan fingerprint density at radius 3 is 2.29 bits per heavy atom. The maximum Gasteiger partial charge on any atom is 0.471 e. The minimum Gasteiger partial charge on any atom is -0.344 e. The molecule has 6 heteroatoms. The molecule has 0 aromatic heterocycles. The van der Waals surface area contributed by atoms with Crippen molar-refractivity contribution in [2.24, 2.45) is 5.92 Å². The van der Waals surface area contributed by atoms with Crippen LogP contribution in [0.3, 0.4) is 0 Å². The number of hydrogen-bond acceptors (Lipinski definition) is 2. The molecule has 1 aromatic carbocycles. The molecule has 1 amide bonds. The molecular formula is C15H21F3N2O. The molecule has 3 nitrogen and oxygen atoms in total. The summed E-state index contributed by atoms with van der Waals surface area (Å²) in [5.41, 5.74) is 1.07. The number of benzene rings is 1. The van der Waals surface area contributed by atoms with Gasteiger partial charge in [-0.05, 0) is 18.5 Å². The molecule has 118 valence electrons. The Hall–Kier alpha value is -1.56. The van der Waals surface area contributed by atoms with E-state index in [2.05, 4.69) is 5.32 Å². The van der Waals surface area contributed by atoms with Crippen LogP contribution in [0.2, 0.25) is 0 Å². The third kappa shape index (κ3) is 6.16. The third-order valence-corrected chi connectivity index (χ3v) is 3.18. The van der Waals surface area contributed by atoms with E-state index in [-0.39, 0.29) is 5.92 Å². The molecule has 1 atom stereocenters. The minimum absolute atomic E-state index is 0.0884. The van der Waals surface area contributed by atoms with Gasteiger partial charge >= 0.3 is 12.1 Å². The quantitative estimate of drug-likeness (QED) is 0.876. The van der Waals surface area contributed by atoms with Gasteiger partial charge in [0, 0.05) is 19.1 Å². The molecule has 0 spiro atoms. The Labute approximate surface area is 123 Å². The lowest BCUT2D eigenvalue weighted by molar-refractivity contribution is -0.174. The van der Waals surface area contributed by atoms with Gasteiger partial charge in [-0.15, -0.1) is 0 Å². The van der Waals surface area contributed by atoms with Crippen LogP contribution in [0.15, 0.2) is 30.3 Å². The summed E-state index contributed by atoms with van der Waals surface area (Å²) in [4.78, 5) is 13.0. The van der Waals surface area contributed by atoms with E-state index >= 15 is 0 Å². The van der Waals surface area contributed by atoms with E-state index in [0.717, 1.165) is 5.56 Å². The number of likely N-dealkylation sites (N-methyl/N-ethyl adjacent to an activating group) is 1. The van der Waals surface area contributed by atoms with Gasteiger partial charge in [-0.2, -0.15) is 13.2 Å². The van der Waals surface area contributed by atoms with Gasteiger partial charge in [-0.1, -0.05) is 44.2 Å². The molecule has 1 N–H and O–H groups in total. The van der Waals surface area contributed by atoms with Crippen molar-refractivity contribution in [3.8, 4) is 0 Å². The van der Waals surface area contributed by atoms with Gasteiger partial charge in [0.2, 0.25) is 0 Å². The molecular weight excluding hydrogens is 281 g/mol. The van der Waals surface area contributed by atoms with E-state index in [1.165, 1.54) is 0 Å². The van der Waals surface area contributed by atoms with Crippen molar-refractivity contribution in [1.82, 2.24) is 10.2 Å². The number of nitrogens with one attached hydrogen (secondary N) is 1. The van der Waals surface area contributed by atoms with Gasteiger partial charge in [0.15, 0.2) is 0 Å². The highest BCUT2D eigenvalue weighted by Gasteiger charge is 2.40. The number of carbonyl (C=O) groups is 1. The first kappa shape index (κ1) is 17.5. The zero-order chi connectivity index (χ0) is 16.0. The zero-order valence-electron chi connectivity index (χ0n) is 12.4. The zero-order valence-corrected chi connectivity index (χ0v) is 12.4. The Bertz CT molecular complexity index is 446. The van der Waals surface area contributed by atoms with E-state index in [4.69, 9.17) is 0 Å². The summed E-state index contributed by atoms with van der Waals surface area (Å²) in [5.74, 6) is -1.97. The minimum atomic E-state index is -4.84. The monoisotopic (exact) mass is 302 g/mol. The second-order valence-corrected chi connectivity index (χ2v) is 5.50. The number of nitrogens with zero attached hydrogens (tertiary/aromatic N) is 1. The number of hydrogen-bond donors (Lipinski definition) is 1. The van der Waals surface area contributed by atoms with Crippen LogP contribution in [-0.2, 0) is 11.3 Å². The summed E-state index contributed by atoms with van der Waals surface area (Å²) < 4.78 is 37.0. The first-order valence-corrected chi connectivity index (χ1v) is 6.80. The summed E-state index contributed by atoms with van der Waals surface area (Å²) in [6.45, 7) is 4.55. The molecule has 0 bridgehead atoms. The van der Waals surface area contributed by atoms with Crippen LogP contribution in [-0.4, -0.2) is 36.6 Å². The van der Waals surface area contributed by atoms with Crippen LogP contribution in [0.25, 0.3) is 0 Å². The molecule has 0 saturated carbocycles. The first-order valence-electron chi connectivity index (χ1n) is 6.80. The van der Waals surface area contributed by atoms with Crippen LogP contribution in [0.5, 0.6) is 0 Å². The maximum atomic E-state index is 12.3. The van der Waals surface area contributed by atoms with Crippen LogP contribution in [0, 0.1) is 5.92 Å². The first-order chi connectivity index (χ1) is 9.70. The average Bonchev–Trinajstić information content (AvgIpc) is 2.37. The van der Waals surface area contributed by atoms with Crippen LogP contribution in [0.4, 0.5) is 13.2 Å². The molecule has 1 aromatic rings. The van der Waals surface area contributed by atoms with E-state index in [1.807, 2.05) is 42.3 Å². The van der Waals surface area contributed by atoms with Crippen LogP contribution in [0.1, 0.15) is 19.4 Å². The van der Waals surface area contributed by atoms with Crippen LogP contribution >= 0.6 is 0 Å². The standard InChI is InChI=1S/C15H21F3N2O/c1-11(2)13(19-14(21)15(16,17)18)10-20(3)9-12-7-5-4-6-8-12/h4-8,11,13H,9-10H2,1-3H3,(H,19,21). The SMILES string of the molecule is CC(C)C(CN(C)Cc1ccccc1)NC(=O)C(F)(F)F. The second kappa shape index (κ2) is 7.45. The lowest BCUT2D eigenvalue weighted by atomic mass is 10.0. The lowest BCUT2D eigenvalue weighted by Crippen LogP contribution is -2.49. The molecule has 0 aliphatic rings. The largest absolute Gasteiger partial charge is 0.471 e. The molecule has 0 fully saturated rings. The fourth-order valence-electron chi connectivity index (χ4n) is 1.97. The van der Waals surface area contributed by atoms with Crippen molar-refractivity contribution in [2.45, 2.75) is 32.6 Å². The molecule has 0 aliphatic carbocycles. The van der Waals surface area contributed by atoms with Gasteiger partial charge in [0.05, 0.1) is 0 Å². The van der Waals surface area contributed by atoms with Crippen molar-refractivity contribution >= 4 is 5.91 Å². The van der Waals surface area contributed by atoms with Crippen LogP contribution < -0.4 is 5.32 Å². The smallest absolute Gasteiger partial charge is 0.344 e. The van der Waals surface area contributed by atoms with E-state index in [1.54, 1.807) is 13.8 Å². The topological polar surface area (TPSA) is 32.3 Å². The average molecular weight is 302 g/mol. The van der Waals surface area contributed by atoms with Crippen molar-refractivity contribution in [3.63, 3.8) is 0 Å². The van der Waals surface area contributed by atoms with Gasteiger partial charge < -0.3 is 10.2 Å². The molecule has 21 heavy (non-hydrogen) atoms. The van der Waals surface area contributed by atoms with Gasteiger partial charge in [-0.25, -0.2) is 0 Å². The van der Waals surface area contributed by atoms with E-state index in [9.17, 15) is 18.0 Å². The Balaban J connectivity index is 2.60. The molecule has 0 radical (unpaired) electrons. The predicted molar refractivity (Wildman–Crippen MR) is 75.6 cm³/mol. The van der Waals surface area contributed by atoms with Crippen molar-refractivity contribution in [2.75, 3.05) is 13.6 Å². The summed E-state index contributed by atoms with van der Waals surface area (Å²) in [7, 11) is 1.82. The molecule has 0 saturated heterocycles. The normalized spacial score (nSPS) is 13.5. The molecule has 0 aliphatic heterocycles. The molecule has 0 heterocycles. The number of alkyl halides is 3. The number of amides is 1. The summed E-state index contributed by atoms with van der Waals surface area (Å²) >= 11 is 0. The fraction of sp³-hybridized carbons (Fsp3) is 0.533. The summed E-state index contributed by atoms with van der Waals surface area (Å²) in [5, 5.41) is 2.07.